The first-order valence-corrected chi connectivity index (χ1v) is 10.1. The summed E-state index contributed by atoms with van der Waals surface area (Å²) in [6, 6.07) is 13.4. The Morgan fingerprint density at radius 1 is 1.03 bits per heavy atom. The molecule has 0 aliphatic carbocycles. The topological polar surface area (TPSA) is 65.8 Å². The van der Waals surface area contributed by atoms with Gasteiger partial charge in [0.15, 0.2) is 11.5 Å². The van der Waals surface area contributed by atoms with Crippen molar-refractivity contribution in [3.63, 3.8) is 0 Å². The van der Waals surface area contributed by atoms with Gasteiger partial charge in [0.1, 0.15) is 13.2 Å². The number of fused-ring (bicyclic) bond motifs is 1. The number of hydrogen-bond donors (Lipinski definition) is 0. The molecule has 0 saturated carbocycles. The molecule has 7 heteroatoms. The van der Waals surface area contributed by atoms with E-state index >= 15 is 0 Å². The molecular weight excluding hydrogens is 390 g/mol. The van der Waals surface area contributed by atoms with E-state index in [1.165, 1.54) is 5.56 Å². The van der Waals surface area contributed by atoms with Gasteiger partial charge < -0.3 is 14.4 Å². The van der Waals surface area contributed by atoms with Crippen LogP contribution in [0.15, 0.2) is 36.4 Å². The summed E-state index contributed by atoms with van der Waals surface area (Å²) >= 11 is 6.28. The zero-order valence-electron chi connectivity index (χ0n) is 16.1. The maximum absolute atomic E-state index is 12.7. The number of benzene rings is 2. The van der Waals surface area contributed by atoms with Gasteiger partial charge in [-0.3, -0.25) is 9.69 Å². The van der Waals surface area contributed by atoms with E-state index in [-0.39, 0.29) is 5.91 Å². The highest BCUT2D eigenvalue weighted by molar-refractivity contribution is 6.32. The highest BCUT2D eigenvalue weighted by Crippen LogP contribution is 2.38. The van der Waals surface area contributed by atoms with Crippen LogP contribution in [-0.2, 0) is 17.8 Å². The molecule has 1 saturated heterocycles. The van der Waals surface area contributed by atoms with Crippen LogP contribution in [0.2, 0.25) is 5.02 Å². The molecule has 0 unspecified atom stereocenters. The van der Waals surface area contributed by atoms with E-state index in [0.717, 1.165) is 25.2 Å². The predicted octanol–water partition coefficient (Wildman–Crippen LogP) is 2.87. The lowest BCUT2D eigenvalue weighted by Crippen LogP contribution is -2.48. The van der Waals surface area contributed by atoms with Crippen molar-refractivity contribution in [1.82, 2.24) is 9.80 Å². The molecule has 0 atom stereocenters. The highest BCUT2D eigenvalue weighted by Gasteiger charge is 2.23. The van der Waals surface area contributed by atoms with Crippen molar-refractivity contribution in [2.24, 2.45) is 0 Å². The molecule has 0 aromatic heterocycles. The van der Waals surface area contributed by atoms with Crippen molar-refractivity contribution < 1.29 is 14.3 Å². The van der Waals surface area contributed by atoms with E-state index in [4.69, 9.17) is 26.3 Å². The Bertz CT molecular complexity index is 932. The summed E-state index contributed by atoms with van der Waals surface area (Å²) in [5.41, 5.74) is 2.68. The molecule has 1 fully saturated rings. The van der Waals surface area contributed by atoms with Crippen LogP contribution in [0.3, 0.4) is 0 Å². The normalized spacial score (nSPS) is 16.3. The fraction of sp³-hybridized carbons (Fsp3) is 0.364. The average Bonchev–Trinajstić information content (AvgIpc) is 2.75. The van der Waals surface area contributed by atoms with Crippen LogP contribution in [0.4, 0.5) is 0 Å². The number of carbonyl (C=O) groups excluding carboxylic acids is 1. The van der Waals surface area contributed by atoms with Gasteiger partial charge in [-0.15, -0.1) is 0 Å². The van der Waals surface area contributed by atoms with Crippen molar-refractivity contribution >= 4 is 17.5 Å². The van der Waals surface area contributed by atoms with Gasteiger partial charge in [-0.2, -0.15) is 5.26 Å². The monoisotopic (exact) mass is 411 g/mol. The molecule has 1 amide bonds. The standard InChI is InChI=1S/C22H22ClN3O3/c23-19-11-18(12-20-22(19)29-10-9-28-20)13-21(27)26-7-5-25(6-8-26)15-17-3-1-16(14-24)2-4-17/h1-4,11-12H,5-10,13,15H2. The minimum absolute atomic E-state index is 0.0933. The van der Waals surface area contributed by atoms with Gasteiger partial charge in [0.2, 0.25) is 5.91 Å². The number of amides is 1. The third kappa shape index (κ3) is 4.64. The molecule has 4 rings (SSSR count). The third-order valence-corrected chi connectivity index (χ3v) is 5.51. The van der Waals surface area contributed by atoms with Crippen LogP contribution >= 0.6 is 11.6 Å². The Morgan fingerprint density at radius 3 is 2.48 bits per heavy atom. The Labute approximate surface area is 175 Å². The SMILES string of the molecule is N#Cc1ccc(CN2CCN(C(=O)Cc3cc(Cl)c4c(c3)OCCO4)CC2)cc1. The van der Waals surface area contributed by atoms with E-state index in [0.29, 0.717) is 54.8 Å². The number of hydrogen-bond acceptors (Lipinski definition) is 5. The lowest BCUT2D eigenvalue weighted by molar-refractivity contribution is -0.132. The minimum Gasteiger partial charge on any atom is -0.486 e. The van der Waals surface area contributed by atoms with E-state index < -0.39 is 0 Å². The average molecular weight is 412 g/mol. The summed E-state index contributed by atoms with van der Waals surface area (Å²) in [5.74, 6) is 1.26. The number of halogens is 1. The van der Waals surface area contributed by atoms with Gasteiger partial charge in [0.05, 0.1) is 23.1 Å². The van der Waals surface area contributed by atoms with Crippen LogP contribution in [0.5, 0.6) is 11.5 Å². The van der Waals surface area contributed by atoms with Crippen LogP contribution in [0.1, 0.15) is 16.7 Å². The minimum atomic E-state index is 0.0933. The molecule has 29 heavy (non-hydrogen) atoms. The van der Waals surface area contributed by atoms with Crippen molar-refractivity contribution in [3.05, 3.63) is 58.1 Å². The second-order valence-corrected chi connectivity index (χ2v) is 7.65. The number of piperazine rings is 1. The van der Waals surface area contributed by atoms with Gasteiger partial charge in [-0.25, -0.2) is 0 Å². The quantitative estimate of drug-likeness (QED) is 0.774. The van der Waals surface area contributed by atoms with Crippen LogP contribution in [0, 0.1) is 11.3 Å². The number of nitriles is 1. The molecule has 2 heterocycles. The number of rotatable bonds is 4. The summed E-state index contributed by atoms with van der Waals surface area (Å²) in [6.07, 6.45) is 0.298. The summed E-state index contributed by atoms with van der Waals surface area (Å²) in [7, 11) is 0. The van der Waals surface area contributed by atoms with Gasteiger partial charge in [-0.1, -0.05) is 23.7 Å². The molecule has 2 aliphatic rings. The van der Waals surface area contributed by atoms with Gasteiger partial charge in [0, 0.05) is 32.7 Å². The molecule has 0 radical (unpaired) electrons. The number of nitrogens with zero attached hydrogens (tertiary/aromatic N) is 3. The van der Waals surface area contributed by atoms with E-state index in [1.807, 2.05) is 35.2 Å². The zero-order chi connectivity index (χ0) is 20.2. The molecule has 0 spiro atoms. The van der Waals surface area contributed by atoms with Crippen LogP contribution in [-0.4, -0.2) is 55.1 Å². The van der Waals surface area contributed by atoms with Crippen LogP contribution in [0.25, 0.3) is 0 Å². The van der Waals surface area contributed by atoms with Crippen molar-refractivity contribution in [2.45, 2.75) is 13.0 Å². The molecule has 2 aliphatic heterocycles. The molecule has 2 aromatic rings. The molecule has 0 N–H and O–H groups in total. The maximum Gasteiger partial charge on any atom is 0.227 e. The third-order valence-electron chi connectivity index (χ3n) is 5.23. The molecular formula is C22H22ClN3O3. The Balaban J connectivity index is 1.31. The molecule has 0 bridgehead atoms. The Hall–Kier alpha value is -2.75. The van der Waals surface area contributed by atoms with Crippen LogP contribution < -0.4 is 9.47 Å². The van der Waals surface area contributed by atoms with E-state index in [9.17, 15) is 4.79 Å². The Morgan fingerprint density at radius 2 is 1.76 bits per heavy atom. The first-order chi connectivity index (χ1) is 14.1. The summed E-state index contributed by atoms with van der Waals surface area (Å²) in [5, 5.41) is 9.38. The van der Waals surface area contributed by atoms with Gasteiger partial charge in [0.25, 0.3) is 0 Å². The fourth-order valence-corrected chi connectivity index (χ4v) is 3.94. The number of ether oxygens (including phenoxy) is 2. The van der Waals surface area contributed by atoms with Gasteiger partial charge >= 0.3 is 0 Å². The summed E-state index contributed by atoms with van der Waals surface area (Å²) < 4.78 is 11.1. The lowest BCUT2D eigenvalue weighted by Gasteiger charge is -2.35. The second-order valence-electron chi connectivity index (χ2n) is 7.24. The first kappa shape index (κ1) is 19.6. The fourth-order valence-electron chi connectivity index (χ4n) is 3.65. The second kappa shape index (κ2) is 8.73. The number of carbonyl (C=O) groups is 1. The highest BCUT2D eigenvalue weighted by atomic mass is 35.5. The first-order valence-electron chi connectivity index (χ1n) is 9.69. The molecule has 2 aromatic carbocycles. The Kier molecular flexibility index (Phi) is 5.89. The van der Waals surface area contributed by atoms with Crippen molar-refractivity contribution in [1.29, 1.82) is 5.26 Å². The van der Waals surface area contributed by atoms with Crippen molar-refractivity contribution in [2.75, 3.05) is 39.4 Å². The lowest BCUT2D eigenvalue weighted by atomic mass is 10.1. The largest absolute Gasteiger partial charge is 0.486 e. The smallest absolute Gasteiger partial charge is 0.227 e. The molecule has 6 nitrogen and oxygen atoms in total. The van der Waals surface area contributed by atoms with Crippen molar-refractivity contribution in [3.8, 4) is 17.6 Å². The van der Waals surface area contributed by atoms with Gasteiger partial charge in [-0.05, 0) is 35.4 Å². The maximum atomic E-state index is 12.7. The van der Waals surface area contributed by atoms with E-state index in [2.05, 4.69) is 11.0 Å². The summed E-state index contributed by atoms with van der Waals surface area (Å²) in [4.78, 5) is 17.0. The predicted molar refractivity (Wildman–Crippen MR) is 109 cm³/mol. The summed E-state index contributed by atoms with van der Waals surface area (Å²) in [6.45, 7) is 4.85. The molecule has 150 valence electrons. The van der Waals surface area contributed by atoms with E-state index in [1.54, 1.807) is 6.07 Å². The zero-order valence-corrected chi connectivity index (χ0v) is 16.8.